The fraction of sp³-hybridized carbons (Fsp3) is 0.0714. The number of hydrogen-bond donors (Lipinski definition) is 2. The minimum absolute atomic E-state index is 0.0705. The zero-order chi connectivity index (χ0) is 15.4. The molecule has 0 bridgehead atoms. The van der Waals surface area contributed by atoms with Gasteiger partial charge >= 0.3 is 0 Å². The Balaban J connectivity index is 2.13. The molecule has 0 unspecified atom stereocenters. The molecule has 110 valence electrons. The van der Waals surface area contributed by atoms with Gasteiger partial charge in [0, 0.05) is 16.1 Å². The molecule has 2 aromatic carbocycles. The second-order valence-electron chi connectivity index (χ2n) is 4.15. The fourth-order valence-corrected chi connectivity index (χ4v) is 1.79. The number of nitrogens with two attached hydrogens (primary N) is 1. The van der Waals surface area contributed by atoms with Gasteiger partial charge in [0.05, 0.1) is 0 Å². The predicted molar refractivity (Wildman–Crippen MR) is 74.7 cm³/mol. The zero-order valence-electron chi connectivity index (χ0n) is 10.7. The first kappa shape index (κ1) is 15.1. The van der Waals surface area contributed by atoms with Crippen molar-refractivity contribution in [3.63, 3.8) is 0 Å². The van der Waals surface area contributed by atoms with Crippen LogP contribution in [0.1, 0.15) is 11.1 Å². The van der Waals surface area contributed by atoms with E-state index in [4.69, 9.17) is 27.3 Å². The molecule has 0 fully saturated rings. The molecule has 0 aliphatic heterocycles. The molecule has 0 aromatic heterocycles. The van der Waals surface area contributed by atoms with Crippen molar-refractivity contribution in [1.29, 1.82) is 0 Å². The van der Waals surface area contributed by atoms with Crippen molar-refractivity contribution in [3.05, 3.63) is 64.2 Å². The Kier molecular flexibility index (Phi) is 4.59. The van der Waals surface area contributed by atoms with Crippen LogP contribution in [-0.4, -0.2) is 11.0 Å². The third-order valence-corrected chi connectivity index (χ3v) is 2.97. The first-order valence-corrected chi connectivity index (χ1v) is 6.23. The van der Waals surface area contributed by atoms with Gasteiger partial charge in [-0.05, 0) is 30.3 Å². The largest absolute Gasteiger partial charge is 0.486 e. The highest BCUT2D eigenvalue weighted by molar-refractivity contribution is 6.30. The standard InChI is InChI=1S/C14H11ClF2N2O2/c15-10-3-1-9(11(16)6-10)7-21-13-4-2-8(5-12(13)17)14(18)19-20/h1-6,20H,7H2,(H2,18,19). The first-order chi connectivity index (χ1) is 10.0. The summed E-state index contributed by atoms with van der Waals surface area (Å²) in [7, 11) is 0. The van der Waals surface area contributed by atoms with E-state index in [2.05, 4.69) is 5.16 Å². The van der Waals surface area contributed by atoms with E-state index < -0.39 is 11.6 Å². The van der Waals surface area contributed by atoms with Gasteiger partial charge in [-0.15, -0.1) is 0 Å². The number of nitrogens with zero attached hydrogens (tertiary/aromatic N) is 1. The van der Waals surface area contributed by atoms with Crippen LogP contribution in [0.15, 0.2) is 41.6 Å². The van der Waals surface area contributed by atoms with E-state index in [-0.39, 0.29) is 34.3 Å². The summed E-state index contributed by atoms with van der Waals surface area (Å²) in [6.07, 6.45) is 0. The minimum Gasteiger partial charge on any atom is -0.486 e. The van der Waals surface area contributed by atoms with Crippen LogP contribution < -0.4 is 10.5 Å². The van der Waals surface area contributed by atoms with E-state index in [1.165, 1.54) is 24.3 Å². The lowest BCUT2D eigenvalue weighted by Gasteiger charge is -2.09. The molecule has 0 amide bonds. The summed E-state index contributed by atoms with van der Waals surface area (Å²) < 4.78 is 32.5. The Morgan fingerprint density at radius 1 is 1.19 bits per heavy atom. The molecule has 0 saturated carbocycles. The van der Waals surface area contributed by atoms with Crippen LogP contribution in [0.2, 0.25) is 5.02 Å². The molecule has 2 aromatic rings. The highest BCUT2D eigenvalue weighted by Crippen LogP contribution is 2.21. The Bertz CT molecular complexity index is 693. The third kappa shape index (κ3) is 3.61. The molecule has 0 spiro atoms. The van der Waals surface area contributed by atoms with E-state index >= 15 is 0 Å². The average molecular weight is 313 g/mol. The first-order valence-electron chi connectivity index (χ1n) is 5.85. The number of halogens is 3. The predicted octanol–water partition coefficient (Wildman–Crippen LogP) is 3.29. The highest BCUT2D eigenvalue weighted by Gasteiger charge is 2.09. The maximum atomic E-state index is 13.8. The van der Waals surface area contributed by atoms with E-state index in [1.54, 1.807) is 0 Å². The van der Waals surface area contributed by atoms with E-state index in [0.29, 0.717) is 0 Å². The monoisotopic (exact) mass is 312 g/mol. The second kappa shape index (κ2) is 6.41. The van der Waals surface area contributed by atoms with Crippen molar-refractivity contribution in [2.24, 2.45) is 10.9 Å². The van der Waals surface area contributed by atoms with Gasteiger partial charge in [-0.1, -0.05) is 22.8 Å². The van der Waals surface area contributed by atoms with Gasteiger partial charge in [0.2, 0.25) is 0 Å². The van der Waals surface area contributed by atoms with E-state index in [0.717, 1.165) is 12.1 Å². The summed E-state index contributed by atoms with van der Waals surface area (Å²) in [4.78, 5) is 0. The number of oxime groups is 1. The van der Waals surface area contributed by atoms with Crippen LogP contribution in [0.25, 0.3) is 0 Å². The average Bonchev–Trinajstić information content (AvgIpc) is 2.46. The smallest absolute Gasteiger partial charge is 0.170 e. The molecule has 0 radical (unpaired) electrons. The van der Waals surface area contributed by atoms with Crippen LogP contribution in [0.4, 0.5) is 8.78 Å². The summed E-state index contributed by atoms with van der Waals surface area (Å²) in [5, 5.41) is 11.5. The van der Waals surface area contributed by atoms with Gasteiger partial charge in [0.15, 0.2) is 17.4 Å². The normalized spacial score (nSPS) is 11.5. The minimum atomic E-state index is -0.700. The Hall–Kier alpha value is -2.34. The quantitative estimate of drug-likeness (QED) is 0.394. The van der Waals surface area contributed by atoms with Crippen molar-refractivity contribution in [1.82, 2.24) is 0 Å². The van der Waals surface area contributed by atoms with Crippen molar-refractivity contribution >= 4 is 17.4 Å². The number of ether oxygens (including phenoxy) is 1. The molecule has 0 aliphatic rings. The zero-order valence-corrected chi connectivity index (χ0v) is 11.4. The third-order valence-electron chi connectivity index (χ3n) is 2.73. The Labute approximate surface area is 124 Å². The van der Waals surface area contributed by atoms with Gasteiger partial charge in [0.1, 0.15) is 12.4 Å². The van der Waals surface area contributed by atoms with Crippen LogP contribution in [-0.2, 0) is 6.61 Å². The maximum Gasteiger partial charge on any atom is 0.170 e. The van der Waals surface area contributed by atoms with Gasteiger partial charge in [-0.2, -0.15) is 0 Å². The molecular weight excluding hydrogens is 302 g/mol. The summed E-state index contributed by atoms with van der Waals surface area (Å²) >= 11 is 5.64. The van der Waals surface area contributed by atoms with Gasteiger partial charge in [0.25, 0.3) is 0 Å². The molecule has 4 nitrogen and oxygen atoms in total. The topological polar surface area (TPSA) is 67.8 Å². The lowest BCUT2D eigenvalue weighted by molar-refractivity contribution is 0.284. The number of hydrogen-bond acceptors (Lipinski definition) is 3. The number of benzene rings is 2. The molecule has 0 aliphatic carbocycles. The summed E-state index contributed by atoms with van der Waals surface area (Å²) in [5.41, 5.74) is 5.80. The van der Waals surface area contributed by atoms with E-state index in [9.17, 15) is 8.78 Å². The fourth-order valence-electron chi connectivity index (χ4n) is 1.63. The maximum absolute atomic E-state index is 13.8. The molecule has 3 N–H and O–H groups in total. The van der Waals surface area contributed by atoms with Crippen LogP contribution >= 0.6 is 11.6 Å². The molecule has 7 heteroatoms. The van der Waals surface area contributed by atoms with Crippen molar-refractivity contribution < 1.29 is 18.7 Å². The van der Waals surface area contributed by atoms with Crippen LogP contribution in [0.3, 0.4) is 0 Å². The van der Waals surface area contributed by atoms with Crippen LogP contribution in [0, 0.1) is 11.6 Å². The summed E-state index contributed by atoms with van der Waals surface area (Å²) in [6.45, 7) is -0.150. The van der Waals surface area contributed by atoms with Gasteiger partial charge in [-0.25, -0.2) is 8.78 Å². The van der Waals surface area contributed by atoms with E-state index in [1.807, 2.05) is 0 Å². The summed E-state index contributed by atoms with van der Waals surface area (Å²) in [5.74, 6) is -1.52. The number of rotatable bonds is 4. The molecule has 0 saturated heterocycles. The second-order valence-corrected chi connectivity index (χ2v) is 4.59. The molecular formula is C14H11ClF2N2O2. The summed E-state index contributed by atoms with van der Waals surface area (Å²) in [6, 6.07) is 7.92. The van der Waals surface area contributed by atoms with Crippen molar-refractivity contribution in [2.75, 3.05) is 0 Å². The van der Waals surface area contributed by atoms with Crippen molar-refractivity contribution in [3.8, 4) is 5.75 Å². The lowest BCUT2D eigenvalue weighted by Crippen LogP contribution is -2.13. The molecule has 2 rings (SSSR count). The Morgan fingerprint density at radius 2 is 1.95 bits per heavy atom. The number of amidine groups is 1. The van der Waals surface area contributed by atoms with Gasteiger partial charge in [-0.3, -0.25) is 0 Å². The lowest BCUT2D eigenvalue weighted by atomic mass is 10.2. The molecule has 0 heterocycles. The highest BCUT2D eigenvalue weighted by atomic mass is 35.5. The van der Waals surface area contributed by atoms with Crippen LogP contribution in [0.5, 0.6) is 5.75 Å². The molecule has 21 heavy (non-hydrogen) atoms. The SMILES string of the molecule is N/C(=N/O)c1ccc(OCc2ccc(Cl)cc2F)c(F)c1. The van der Waals surface area contributed by atoms with Crippen molar-refractivity contribution in [2.45, 2.75) is 6.61 Å². The Morgan fingerprint density at radius 3 is 2.57 bits per heavy atom. The van der Waals surface area contributed by atoms with Gasteiger partial charge < -0.3 is 15.7 Å². The molecule has 0 atom stereocenters.